The van der Waals surface area contributed by atoms with E-state index in [1.807, 2.05) is 0 Å². The predicted octanol–water partition coefficient (Wildman–Crippen LogP) is 7.88. The zero-order valence-corrected chi connectivity index (χ0v) is 25.6. The molecule has 0 aromatic carbocycles. The Bertz CT molecular complexity index is 632. The minimum Gasteiger partial charge on any atom is -0.462 e. The molecule has 0 aromatic rings. The molecule has 9 heteroatoms. The maximum absolute atomic E-state index is 12.2. The standard InChI is InChI=1S/C29H57O8P/c1-25(2)19-15-11-7-5-9-13-17-21-28(30)35-23-27(24-36-38(32,33)34)37-29(31)22-18-14-10-6-8-12-16-20-26(3)4/h25-27H,5-24H2,1-4H3,(H2,32,33,34)/t27-/m1/s1. The number of carbonyl (C=O) groups is 2. The topological polar surface area (TPSA) is 119 Å². The van der Waals surface area contributed by atoms with E-state index in [1.165, 1.54) is 57.8 Å². The molecule has 0 aliphatic rings. The third kappa shape index (κ3) is 28.1. The molecule has 0 rings (SSSR count). The Hall–Kier alpha value is -0.950. The number of ether oxygens (including phenoxy) is 2. The third-order valence-electron chi connectivity index (χ3n) is 6.48. The van der Waals surface area contributed by atoms with Gasteiger partial charge in [0.2, 0.25) is 0 Å². The number of carbonyl (C=O) groups excluding carboxylic acids is 2. The van der Waals surface area contributed by atoms with Crippen molar-refractivity contribution in [3.63, 3.8) is 0 Å². The summed E-state index contributed by atoms with van der Waals surface area (Å²) >= 11 is 0. The number of hydrogen-bond donors (Lipinski definition) is 2. The summed E-state index contributed by atoms with van der Waals surface area (Å²) < 4.78 is 26.1. The van der Waals surface area contributed by atoms with Gasteiger partial charge < -0.3 is 19.3 Å². The van der Waals surface area contributed by atoms with E-state index >= 15 is 0 Å². The Labute approximate surface area is 232 Å². The summed E-state index contributed by atoms with van der Waals surface area (Å²) in [5.41, 5.74) is 0. The monoisotopic (exact) mass is 564 g/mol. The van der Waals surface area contributed by atoms with Crippen molar-refractivity contribution in [3.8, 4) is 0 Å². The molecule has 38 heavy (non-hydrogen) atoms. The van der Waals surface area contributed by atoms with Gasteiger partial charge in [0.25, 0.3) is 0 Å². The Balaban J connectivity index is 4.08. The molecule has 8 nitrogen and oxygen atoms in total. The van der Waals surface area contributed by atoms with Gasteiger partial charge in [-0.15, -0.1) is 0 Å². The molecule has 0 aliphatic carbocycles. The van der Waals surface area contributed by atoms with Crippen LogP contribution in [0.15, 0.2) is 0 Å². The molecule has 0 aromatic heterocycles. The highest BCUT2D eigenvalue weighted by Crippen LogP contribution is 2.35. The molecule has 0 amide bonds. The SMILES string of the molecule is CC(C)CCCCCCCCCC(=O)OC[C@H](COP(=O)(O)O)OC(=O)CCCCCCCCCC(C)C. The van der Waals surface area contributed by atoms with Gasteiger partial charge in [-0.25, -0.2) is 4.57 Å². The van der Waals surface area contributed by atoms with E-state index in [9.17, 15) is 14.2 Å². The second-order valence-electron chi connectivity index (χ2n) is 11.4. The Morgan fingerprint density at radius 1 is 0.605 bits per heavy atom. The normalized spacial score (nSPS) is 12.7. The van der Waals surface area contributed by atoms with Crippen molar-refractivity contribution >= 4 is 19.8 Å². The van der Waals surface area contributed by atoms with Gasteiger partial charge in [0.05, 0.1) is 6.61 Å². The highest BCUT2D eigenvalue weighted by Gasteiger charge is 2.22. The van der Waals surface area contributed by atoms with E-state index < -0.39 is 32.5 Å². The minimum atomic E-state index is -4.73. The highest BCUT2D eigenvalue weighted by atomic mass is 31.2. The van der Waals surface area contributed by atoms with Crippen molar-refractivity contribution in [1.29, 1.82) is 0 Å². The lowest BCUT2D eigenvalue weighted by Crippen LogP contribution is -2.29. The van der Waals surface area contributed by atoms with Crippen LogP contribution in [0, 0.1) is 11.8 Å². The molecular formula is C29H57O8P. The molecular weight excluding hydrogens is 507 g/mol. The molecule has 0 spiro atoms. The van der Waals surface area contributed by atoms with Gasteiger partial charge in [-0.3, -0.25) is 14.1 Å². The van der Waals surface area contributed by atoms with E-state index in [1.54, 1.807) is 0 Å². The second-order valence-corrected chi connectivity index (χ2v) is 12.6. The first-order valence-electron chi connectivity index (χ1n) is 15.0. The van der Waals surface area contributed by atoms with Crippen molar-refractivity contribution in [2.75, 3.05) is 13.2 Å². The third-order valence-corrected chi connectivity index (χ3v) is 6.97. The average Bonchev–Trinajstić information content (AvgIpc) is 2.82. The Morgan fingerprint density at radius 3 is 1.42 bits per heavy atom. The van der Waals surface area contributed by atoms with Crippen LogP contribution in [-0.2, 0) is 28.2 Å². The van der Waals surface area contributed by atoms with Gasteiger partial charge in [0.15, 0.2) is 6.10 Å². The van der Waals surface area contributed by atoms with Gasteiger partial charge >= 0.3 is 19.8 Å². The molecule has 0 radical (unpaired) electrons. The van der Waals surface area contributed by atoms with Crippen LogP contribution in [-0.4, -0.2) is 41.0 Å². The van der Waals surface area contributed by atoms with Crippen LogP contribution < -0.4 is 0 Å². The van der Waals surface area contributed by atoms with Gasteiger partial charge in [-0.1, -0.05) is 118 Å². The van der Waals surface area contributed by atoms with Crippen LogP contribution in [0.5, 0.6) is 0 Å². The van der Waals surface area contributed by atoms with Crippen LogP contribution >= 0.6 is 7.82 Å². The minimum absolute atomic E-state index is 0.213. The highest BCUT2D eigenvalue weighted by molar-refractivity contribution is 7.46. The lowest BCUT2D eigenvalue weighted by Gasteiger charge is -2.18. The van der Waals surface area contributed by atoms with Crippen LogP contribution in [0.2, 0.25) is 0 Å². The number of phosphoric ester groups is 1. The van der Waals surface area contributed by atoms with Crippen LogP contribution in [0.4, 0.5) is 0 Å². The molecule has 0 saturated carbocycles. The quantitative estimate of drug-likeness (QED) is 0.0618. The van der Waals surface area contributed by atoms with Crippen molar-refractivity contribution in [2.45, 2.75) is 149 Å². The van der Waals surface area contributed by atoms with Gasteiger partial charge in [0, 0.05) is 12.8 Å². The fraction of sp³-hybridized carbons (Fsp3) is 0.931. The van der Waals surface area contributed by atoms with Crippen LogP contribution in [0.3, 0.4) is 0 Å². The summed E-state index contributed by atoms with van der Waals surface area (Å²) in [4.78, 5) is 42.3. The molecule has 0 aliphatic heterocycles. The van der Waals surface area contributed by atoms with Crippen molar-refractivity contribution < 1.29 is 37.9 Å². The van der Waals surface area contributed by atoms with E-state index in [0.29, 0.717) is 6.42 Å². The second kappa shape index (κ2) is 23.9. The van der Waals surface area contributed by atoms with E-state index in [0.717, 1.165) is 50.4 Å². The molecule has 226 valence electrons. The number of hydrogen-bond acceptors (Lipinski definition) is 6. The van der Waals surface area contributed by atoms with Crippen molar-refractivity contribution in [2.24, 2.45) is 11.8 Å². The molecule has 0 unspecified atom stereocenters. The zero-order chi connectivity index (χ0) is 28.7. The first kappa shape index (κ1) is 37.0. The summed E-state index contributed by atoms with van der Waals surface area (Å²) in [6.07, 6.45) is 17.2. The molecule has 0 bridgehead atoms. The van der Waals surface area contributed by atoms with E-state index in [-0.39, 0.29) is 19.4 Å². The molecule has 0 saturated heterocycles. The fourth-order valence-electron chi connectivity index (χ4n) is 4.21. The van der Waals surface area contributed by atoms with Crippen molar-refractivity contribution in [1.82, 2.24) is 0 Å². The summed E-state index contributed by atoms with van der Waals surface area (Å²) in [6, 6.07) is 0. The predicted molar refractivity (Wildman–Crippen MR) is 152 cm³/mol. The lowest BCUT2D eigenvalue weighted by atomic mass is 10.0. The number of phosphoric acid groups is 1. The van der Waals surface area contributed by atoms with E-state index in [4.69, 9.17) is 19.3 Å². The first-order chi connectivity index (χ1) is 18.0. The first-order valence-corrected chi connectivity index (χ1v) is 16.6. The molecule has 0 fully saturated rings. The molecule has 0 heterocycles. The maximum atomic E-state index is 12.2. The number of esters is 2. The zero-order valence-electron chi connectivity index (χ0n) is 24.7. The van der Waals surface area contributed by atoms with Crippen molar-refractivity contribution in [3.05, 3.63) is 0 Å². The lowest BCUT2D eigenvalue weighted by molar-refractivity contribution is -0.161. The largest absolute Gasteiger partial charge is 0.469 e. The van der Waals surface area contributed by atoms with Crippen LogP contribution in [0.1, 0.15) is 143 Å². The number of rotatable bonds is 26. The van der Waals surface area contributed by atoms with Gasteiger partial charge in [-0.05, 0) is 24.7 Å². The average molecular weight is 565 g/mol. The maximum Gasteiger partial charge on any atom is 0.469 e. The molecule has 2 N–H and O–H groups in total. The van der Waals surface area contributed by atoms with E-state index in [2.05, 4.69) is 32.2 Å². The summed E-state index contributed by atoms with van der Waals surface area (Å²) in [5, 5.41) is 0. The van der Waals surface area contributed by atoms with Crippen LogP contribution in [0.25, 0.3) is 0 Å². The smallest absolute Gasteiger partial charge is 0.462 e. The summed E-state index contributed by atoms with van der Waals surface area (Å²) in [7, 11) is -4.73. The van der Waals surface area contributed by atoms with Gasteiger partial charge in [0.1, 0.15) is 6.61 Å². The Morgan fingerprint density at radius 2 is 1.00 bits per heavy atom. The number of unbranched alkanes of at least 4 members (excludes halogenated alkanes) is 12. The summed E-state index contributed by atoms with van der Waals surface area (Å²) in [5.74, 6) is 0.624. The molecule has 1 atom stereocenters. The summed E-state index contributed by atoms with van der Waals surface area (Å²) in [6.45, 7) is 8.16. The fourth-order valence-corrected chi connectivity index (χ4v) is 4.57. The van der Waals surface area contributed by atoms with Gasteiger partial charge in [-0.2, -0.15) is 0 Å². The Kier molecular flexibility index (Phi) is 23.3.